The fraction of sp³-hybridized carbons (Fsp3) is 0.588. The highest BCUT2D eigenvalue weighted by Crippen LogP contribution is 2.25. The van der Waals surface area contributed by atoms with Crippen LogP contribution in [0.15, 0.2) is 24.3 Å². The molecule has 1 aromatic carbocycles. The van der Waals surface area contributed by atoms with E-state index < -0.39 is 0 Å². The van der Waals surface area contributed by atoms with Gasteiger partial charge in [0.2, 0.25) is 0 Å². The molecular weight excluding hydrogens is 264 g/mol. The second kappa shape index (κ2) is 8.03. The standard InChI is InChI=1S/C17H26N2O2/c1-2-3-11-21-15-9-7-13(8-10-15)17(20)19-16-6-4-5-14(16)12-18/h7-10,14,16H,2-6,11-12,18H2,1H3,(H,19,20). The lowest BCUT2D eigenvalue weighted by Crippen LogP contribution is -2.39. The van der Waals surface area contributed by atoms with E-state index in [1.807, 2.05) is 24.3 Å². The van der Waals surface area contributed by atoms with E-state index in [0.717, 1.165) is 44.5 Å². The van der Waals surface area contributed by atoms with Gasteiger partial charge in [0, 0.05) is 11.6 Å². The summed E-state index contributed by atoms with van der Waals surface area (Å²) in [6.07, 6.45) is 5.46. The number of benzene rings is 1. The number of carbonyl (C=O) groups excluding carboxylic acids is 1. The molecule has 0 heterocycles. The van der Waals surface area contributed by atoms with Gasteiger partial charge in [-0.2, -0.15) is 0 Å². The van der Waals surface area contributed by atoms with Gasteiger partial charge in [0.25, 0.3) is 5.91 Å². The van der Waals surface area contributed by atoms with Gasteiger partial charge in [0.05, 0.1) is 6.61 Å². The molecule has 2 unspecified atom stereocenters. The van der Waals surface area contributed by atoms with E-state index in [9.17, 15) is 4.79 Å². The van der Waals surface area contributed by atoms with E-state index in [1.54, 1.807) is 0 Å². The number of hydrogen-bond donors (Lipinski definition) is 2. The first-order valence-electron chi connectivity index (χ1n) is 7.98. The van der Waals surface area contributed by atoms with Crippen LogP contribution in [-0.2, 0) is 0 Å². The highest BCUT2D eigenvalue weighted by atomic mass is 16.5. The Labute approximate surface area is 127 Å². The lowest BCUT2D eigenvalue weighted by molar-refractivity contribution is 0.0928. The SMILES string of the molecule is CCCCOc1ccc(C(=O)NC2CCCC2CN)cc1. The van der Waals surface area contributed by atoms with Gasteiger partial charge < -0.3 is 15.8 Å². The largest absolute Gasteiger partial charge is 0.494 e. The molecule has 4 heteroatoms. The molecule has 1 aliphatic carbocycles. The zero-order valence-electron chi connectivity index (χ0n) is 12.8. The molecule has 0 aromatic heterocycles. The van der Waals surface area contributed by atoms with Gasteiger partial charge in [-0.15, -0.1) is 0 Å². The van der Waals surface area contributed by atoms with Crippen LogP contribution in [0.5, 0.6) is 5.75 Å². The number of carbonyl (C=O) groups is 1. The highest BCUT2D eigenvalue weighted by Gasteiger charge is 2.27. The van der Waals surface area contributed by atoms with Crippen molar-refractivity contribution < 1.29 is 9.53 Å². The molecule has 1 aromatic rings. The number of unbranched alkanes of at least 4 members (excludes halogenated alkanes) is 1. The van der Waals surface area contributed by atoms with Crippen molar-refractivity contribution in [3.63, 3.8) is 0 Å². The van der Waals surface area contributed by atoms with Crippen molar-refractivity contribution in [2.45, 2.75) is 45.1 Å². The van der Waals surface area contributed by atoms with Crippen molar-refractivity contribution in [2.75, 3.05) is 13.2 Å². The zero-order valence-corrected chi connectivity index (χ0v) is 12.8. The van der Waals surface area contributed by atoms with Crippen LogP contribution in [0.2, 0.25) is 0 Å². The van der Waals surface area contributed by atoms with Crippen LogP contribution in [0.1, 0.15) is 49.4 Å². The fourth-order valence-electron chi connectivity index (χ4n) is 2.80. The van der Waals surface area contributed by atoms with Crippen LogP contribution in [0, 0.1) is 5.92 Å². The maximum absolute atomic E-state index is 12.2. The first-order valence-corrected chi connectivity index (χ1v) is 7.98. The fourth-order valence-corrected chi connectivity index (χ4v) is 2.80. The third-order valence-electron chi connectivity index (χ3n) is 4.16. The monoisotopic (exact) mass is 290 g/mol. The maximum atomic E-state index is 12.2. The molecule has 1 saturated carbocycles. The molecule has 21 heavy (non-hydrogen) atoms. The summed E-state index contributed by atoms with van der Waals surface area (Å²) < 4.78 is 5.60. The summed E-state index contributed by atoms with van der Waals surface area (Å²) in [5.41, 5.74) is 6.43. The van der Waals surface area contributed by atoms with Crippen LogP contribution in [-0.4, -0.2) is 25.1 Å². The van der Waals surface area contributed by atoms with E-state index in [4.69, 9.17) is 10.5 Å². The summed E-state index contributed by atoms with van der Waals surface area (Å²) in [5.74, 6) is 1.23. The quantitative estimate of drug-likeness (QED) is 0.759. The molecule has 2 rings (SSSR count). The molecule has 2 atom stereocenters. The van der Waals surface area contributed by atoms with Crippen molar-refractivity contribution in [3.05, 3.63) is 29.8 Å². The number of nitrogens with one attached hydrogen (secondary N) is 1. The minimum absolute atomic E-state index is 0.0135. The smallest absolute Gasteiger partial charge is 0.251 e. The summed E-state index contributed by atoms with van der Waals surface area (Å²) in [5, 5.41) is 3.11. The molecule has 0 radical (unpaired) electrons. The Morgan fingerprint density at radius 1 is 1.33 bits per heavy atom. The van der Waals surface area contributed by atoms with E-state index in [0.29, 0.717) is 18.0 Å². The van der Waals surface area contributed by atoms with Crippen LogP contribution in [0.3, 0.4) is 0 Å². The van der Waals surface area contributed by atoms with Crippen LogP contribution >= 0.6 is 0 Å². The highest BCUT2D eigenvalue weighted by molar-refractivity contribution is 5.94. The van der Waals surface area contributed by atoms with Crippen LogP contribution in [0.25, 0.3) is 0 Å². The Hall–Kier alpha value is -1.55. The third kappa shape index (κ3) is 4.46. The second-order valence-corrected chi connectivity index (χ2v) is 5.73. The molecule has 1 fully saturated rings. The number of amides is 1. The molecule has 0 aliphatic heterocycles. The minimum Gasteiger partial charge on any atom is -0.494 e. The van der Waals surface area contributed by atoms with Gasteiger partial charge in [0.1, 0.15) is 5.75 Å². The molecule has 4 nitrogen and oxygen atoms in total. The maximum Gasteiger partial charge on any atom is 0.251 e. The number of hydrogen-bond acceptors (Lipinski definition) is 3. The molecule has 0 spiro atoms. The molecule has 1 aliphatic rings. The summed E-state index contributed by atoms with van der Waals surface area (Å²) in [7, 11) is 0. The summed E-state index contributed by atoms with van der Waals surface area (Å²) in [6.45, 7) is 3.51. The van der Waals surface area contributed by atoms with Gasteiger partial charge >= 0.3 is 0 Å². The predicted molar refractivity (Wildman–Crippen MR) is 84.5 cm³/mol. The van der Waals surface area contributed by atoms with Crippen molar-refractivity contribution in [2.24, 2.45) is 11.7 Å². The van der Waals surface area contributed by atoms with Gasteiger partial charge in [0.15, 0.2) is 0 Å². The molecule has 0 bridgehead atoms. The van der Waals surface area contributed by atoms with Crippen LogP contribution in [0.4, 0.5) is 0 Å². The molecule has 3 N–H and O–H groups in total. The first kappa shape index (κ1) is 15.8. The average Bonchev–Trinajstić information content (AvgIpc) is 2.95. The molecule has 1 amide bonds. The molecule has 0 saturated heterocycles. The van der Waals surface area contributed by atoms with Gasteiger partial charge in [-0.1, -0.05) is 19.8 Å². The number of nitrogens with two attached hydrogens (primary N) is 1. The summed E-state index contributed by atoms with van der Waals surface area (Å²) in [4.78, 5) is 12.2. The van der Waals surface area contributed by atoms with Crippen LogP contribution < -0.4 is 15.8 Å². The van der Waals surface area contributed by atoms with E-state index >= 15 is 0 Å². The Morgan fingerprint density at radius 2 is 2.10 bits per heavy atom. The van der Waals surface area contributed by atoms with E-state index in [2.05, 4.69) is 12.2 Å². The van der Waals surface area contributed by atoms with E-state index in [-0.39, 0.29) is 11.9 Å². The van der Waals surface area contributed by atoms with Gasteiger partial charge in [-0.05, 0) is 56.0 Å². The van der Waals surface area contributed by atoms with Gasteiger partial charge in [-0.3, -0.25) is 4.79 Å². The van der Waals surface area contributed by atoms with Crippen molar-refractivity contribution in [1.82, 2.24) is 5.32 Å². The van der Waals surface area contributed by atoms with E-state index in [1.165, 1.54) is 0 Å². The molecule has 116 valence electrons. The summed E-state index contributed by atoms with van der Waals surface area (Å²) >= 11 is 0. The topological polar surface area (TPSA) is 64.3 Å². The van der Waals surface area contributed by atoms with Crippen molar-refractivity contribution in [1.29, 1.82) is 0 Å². The average molecular weight is 290 g/mol. The third-order valence-corrected chi connectivity index (χ3v) is 4.16. The Morgan fingerprint density at radius 3 is 2.76 bits per heavy atom. The normalized spacial score (nSPS) is 21.2. The Bertz CT molecular complexity index is 445. The lowest BCUT2D eigenvalue weighted by Gasteiger charge is -2.19. The number of ether oxygens (including phenoxy) is 1. The summed E-state index contributed by atoms with van der Waals surface area (Å²) in [6, 6.07) is 7.59. The Balaban J connectivity index is 1.87. The van der Waals surface area contributed by atoms with Crippen molar-refractivity contribution in [3.8, 4) is 5.75 Å². The predicted octanol–water partition coefficient (Wildman–Crippen LogP) is 2.72. The first-order chi connectivity index (χ1) is 10.2. The zero-order chi connectivity index (χ0) is 15.1. The van der Waals surface area contributed by atoms with Crippen molar-refractivity contribution >= 4 is 5.91 Å². The second-order valence-electron chi connectivity index (χ2n) is 5.73. The number of rotatable bonds is 7. The Kier molecular flexibility index (Phi) is 6.05. The molecular formula is C17H26N2O2. The minimum atomic E-state index is -0.0135. The lowest BCUT2D eigenvalue weighted by atomic mass is 10.0. The van der Waals surface area contributed by atoms with Gasteiger partial charge in [-0.25, -0.2) is 0 Å².